The zero-order valence-electron chi connectivity index (χ0n) is 12.5. The van der Waals surface area contributed by atoms with Gasteiger partial charge in [0.15, 0.2) is 5.69 Å². The maximum Gasteiger partial charge on any atom is 0.355 e. The molecule has 3 N–H and O–H groups in total. The maximum atomic E-state index is 11.1. The van der Waals surface area contributed by atoms with Gasteiger partial charge in [0.25, 0.3) is 0 Å². The number of anilines is 1. The van der Waals surface area contributed by atoms with E-state index < -0.39 is 5.97 Å². The van der Waals surface area contributed by atoms with Gasteiger partial charge in [-0.2, -0.15) is 0 Å². The molecular formula is C19H14N2O2. The van der Waals surface area contributed by atoms with Crippen molar-refractivity contribution in [3.8, 4) is 23.5 Å². The first-order chi connectivity index (χ1) is 11.0. The summed E-state index contributed by atoms with van der Waals surface area (Å²) in [7, 11) is 0. The number of carboxylic acid groups (broad SMARTS) is 1. The van der Waals surface area contributed by atoms with Crippen molar-refractivity contribution in [3.05, 3.63) is 59.3 Å². The van der Waals surface area contributed by atoms with Gasteiger partial charge in [-0.3, -0.25) is 0 Å². The maximum absolute atomic E-state index is 11.1. The Labute approximate surface area is 133 Å². The molecule has 4 heteroatoms. The summed E-state index contributed by atoms with van der Waals surface area (Å²) < 4.78 is 0. The van der Waals surface area contributed by atoms with Crippen LogP contribution >= 0.6 is 0 Å². The van der Waals surface area contributed by atoms with Crippen LogP contribution in [0.3, 0.4) is 0 Å². The van der Waals surface area contributed by atoms with E-state index in [1.54, 1.807) is 19.1 Å². The molecule has 2 aromatic rings. The Kier molecular flexibility index (Phi) is 3.47. The summed E-state index contributed by atoms with van der Waals surface area (Å²) in [6, 6.07) is 13.8. The third kappa shape index (κ3) is 2.39. The van der Waals surface area contributed by atoms with Gasteiger partial charge in [0.1, 0.15) is 0 Å². The number of aryl methyl sites for hydroxylation is 1. The fourth-order valence-electron chi connectivity index (χ4n) is 2.46. The third-order valence-corrected chi connectivity index (χ3v) is 3.87. The van der Waals surface area contributed by atoms with Crippen LogP contribution in [0.15, 0.2) is 42.5 Å². The number of carbonyl (C=O) groups is 1. The van der Waals surface area contributed by atoms with Crippen LogP contribution in [0.5, 0.6) is 0 Å². The number of pyridine rings is 1. The quantitative estimate of drug-likeness (QED) is 0.417. The molecule has 0 fully saturated rings. The van der Waals surface area contributed by atoms with Gasteiger partial charge in [-0.25, -0.2) is 9.78 Å². The van der Waals surface area contributed by atoms with E-state index in [9.17, 15) is 4.79 Å². The largest absolute Gasteiger partial charge is 0.476 e. The number of para-hydroxylation sites is 1. The van der Waals surface area contributed by atoms with Crippen LogP contribution in [0, 0.1) is 19.3 Å². The van der Waals surface area contributed by atoms with Crippen LogP contribution in [-0.2, 0) is 0 Å². The molecule has 1 aromatic carbocycles. The summed E-state index contributed by atoms with van der Waals surface area (Å²) >= 11 is 0. The molecule has 2 aliphatic carbocycles. The monoisotopic (exact) mass is 302 g/mol. The first-order valence-electron chi connectivity index (χ1n) is 7.02. The highest BCUT2D eigenvalue weighted by Gasteiger charge is 2.16. The van der Waals surface area contributed by atoms with Gasteiger partial charge in [0.2, 0.25) is 0 Å². The Balaban J connectivity index is 0.000000213. The highest BCUT2D eigenvalue weighted by atomic mass is 16.4. The van der Waals surface area contributed by atoms with Crippen LogP contribution in [-0.4, -0.2) is 16.1 Å². The molecule has 1 heterocycles. The molecule has 0 saturated heterocycles. The van der Waals surface area contributed by atoms with Crippen LogP contribution in [0.2, 0.25) is 0 Å². The summed E-state index contributed by atoms with van der Waals surface area (Å²) in [6.45, 7) is 1.77. The molecule has 0 aliphatic heterocycles. The number of rotatable bonds is 1. The van der Waals surface area contributed by atoms with Crippen LogP contribution < -0.4 is 5.73 Å². The molecule has 23 heavy (non-hydrogen) atoms. The topological polar surface area (TPSA) is 76.2 Å². The SMILES string of the molecule is C#Cc1c(C(=O)O)nc2c(N)cccc2c1C.c1cc2ccc1-2. The Morgan fingerprint density at radius 2 is 1.78 bits per heavy atom. The summed E-state index contributed by atoms with van der Waals surface area (Å²) in [4.78, 5) is 15.1. The molecule has 1 aromatic heterocycles. The number of carboxylic acids is 1. The lowest BCUT2D eigenvalue weighted by Gasteiger charge is -2.10. The second kappa shape index (κ2) is 5.47. The molecule has 0 saturated carbocycles. The second-order valence-electron chi connectivity index (χ2n) is 5.23. The van der Waals surface area contributed by atoms with E-state index in [-0.39, 0.29) is 5.69 Å². The highest BCUT2D eigenvalue weighted by molar-refractivity contribution is 5.98. The summed E-state index contributed by atoms with van der Waals surface area (Å²) in [5.74, 6) is 1.23. The normalized spacial score (nSPS) is 10.4. The smallest absolute Gasteiger partial charge is 0.355 e. The van der Waals surface area contributed by atoms with E-state index in [1.165, 1.54) is 11.1 Å². The fraction of sp³-hybridized carbons (Fsp3) is 0.0526. The lowest BCUT2D eigenvalue weighted by Crippen LogP contribution is -2.07. The molecule has 0 bridgehead atoms. The minimum Gasteiger partial charge on any atom is -0.476 e. The van der Waals surface area contributed by atoms with Gasteiger partial charge < -0.3 is 10.8 Å². The Hall–Kier alpha value is -3.32. The Morgan fingerprint density at radius 3 is 2.22 bits per heavy atom. The van der Waals surface area contributed by atoms with Crippen molar-refractivity contribution in [3.63, 3.8) is 0 Å². The van der Waals surface area contributed by atoms with Gasteiger partial charge in [-0.15, -0.1) is 6.42 Å². The van der Waals surface area contributed by atoms with E-state index >= 15 is 0 Å². The van der Waals surface area contributed by atoms with Crippen molar-refractivity contribution >= 4 is 22.6 Å². The lowest BCUT2D eigenvalue weighted by molar-refractivity contribution is 0.0690. The number of nitrogens with two attached hydrogens (primary N) is 1. The standard InChI is InChI=1S/C13H10N2O2.C6H4/c1-3-8-7(2)9-5-4-6-10(14)11(9)15-12(8)13(16)17;1-2-6-4-3-5(1)6/h1,4-6H,14H2,2H3,(H,16,17);1-4H. The van der Waals surface area contributed by atoms with E-state index in [2.05, 4.69) is 35.2 Å². The minimum absolute atomic E-state index is 0.129. The van der Waals surface area contributed by atoms with E-state index in [4.69, 9.17) is 17.3 Å². The number of hydrogen-bond donors (Lipinski definition) is 2. The molecule has 0 atom stereocenters. The van der Waals surface area contributed by atoms with Gasteiger partial charge in [-0.05, 0) is 29.7 Å². The number of nitrogen functional groups attached to an aromatic ring is 1. The van der Waals surface area contributed by atoms with Crippen LogP contribution in [0.1, 0.15) is 21.6 Å². The van der Waals surface area contributed by atoms with Crippen molar-refractivity contribution < 1.29 is 9.90 Å². The summed E-state index contributed by atoms with van der Waals surface area (Å²) in [5.41, 5.74) is 10.4. The average Bonchev–Trinajstić information content (AvgIpc) is 2.52. The second-order valence-corrected chi connectivity index (χ2v) is 5.23. The molecule has 4 rings (SSSR count). The summed E-state index contributed by atoms with van der Waals surface area (Å²) in [6.07, 6.45) is 5.33. The van der Waals surface area contributed by atoms with Crippen molar-refractivity contribution in [1.82, 2.24) is 4.98 Å². The summed E-state index contributed by atoms with van der Waals surface area (Å²) in [5, 5.41) is 9.85. The zero-order valence-corrected chi connectivity index (χ0v) is 12.5. The predicted octanol–water partition coefficient (Wildman–Crippen LogP) is 3.47. The number of hydrogen-bond acceptors (Lipinski definition) is 3. The minimum atomic E-state index is -1.15. The van der Waals surface area contributed by atoms with Crippen molar-refractivity contribution in [2.24, 2.45) is 0 Å². The molecule has 4 nitrogen and oxygen atoms in total. The Bertz CT molecular complexity index is 946. The van der Waals surface area contributed by atoms with Gasteiger partial charge in [-0.1, -0.05) is 42.3 Å². The molecule has 0 spiro atoms. The number of aromatic nitrogens is 1. The van der Waals surface area contributed by atoms with Gasteiger partial charge >= 0.3 is 5.97 Å². The predicted molar refractivity (Wildman–Crippen MR) is 91.2 cm³/mol. The number of benzene rings is 2. The fourth-order valence-corrected chi connectivity index (χ4v) is 2.46. The molecule has 2 aliphatic rings. The van der Waals surface area contributed by atoms with Gasteiger partial charge in [0, 0.05) is 5.39 Å². The molecular weight excluding hydrogens is 288 g/mol. The number of fused-ring (bicyclic) bond motifs is 2. The number of aromatic carboxylic acids is 1. The van der Waals surface area contributed by atoms with Crippen molar-refractivity contribution in [2.45, 2.75) is 6.92 Å². The van der Waals surface area contributed by atoms with E-state index in [1.807, 2.05) is 6.07 Å². The average molecular weight is 302 g/mol. The Morgan fingerprint density at radius 1 is 1.17 bits per heavy atom. The zero-order chi connectivity index (χ0) is 16.6. The van der Waals surface area contributed by atoms with Crippen molar-refractivity contribution in [2.75, 3.05) is 5.73 Å². The number of terminal acetylenes is 1. The van der Waals surface area contributed by atoms with E-state index in [0.29, 0.717) is 22.3 Å². The lowest BCUT2D eigenvalue weighted by atomic mass is 9.95. The van der Waals surface area contributed by atoms with Crippen molar-refractivity contribution in [1.29, 1.82) is 0 Å². The third-order valence-electron chi connectivity index (χ3n) is 3.87. The van der Waals surface area contributed by atoms with Gasteiger partial charge in [0.05, 0.1) is 16.8 Å². The molecule has 0 radical (unpaired) electrons. The first-order valence-corrected chi connectivity index (χ1v) is 7.02. The number of nitrogens with zero attached hydrogens (tertiary/aromatic N) is 1. The first kappa shape index (κ1) is 14.6. The van der Waals surface area contributed by atoms with Crippen LogP contribution in [0.4, 0.5) is 5.69 Å². The van der Waals surface area contributed by atoms with Crippen LogP contribution in [0.25, 0.3) is 22.0 Å². The highest BCUT2D eigenvalue weighted by Crippen LogP contribution is 2.29. The molecule has 112 valence electrons. The van der Waals surface area contributed by atoms with E-state index in [0.717, 1.165) is 5.39 Å². The molecule has 0 unspecified atom stereocenters. The molecule has 0 amide bonds.